The van der Waals surface area contributed by atoms with Crippen LogP contribution in [0.3, 0.4) is 0 Å². The first kappa shape index (κ1) is 22.6. The molecule has 4 rings (SSSR count). The van der Waals surface area contributed by atoms with Crippen LogP contribution >= 0.6 is 34.5 Å². The van der Waals surface area contributed by atoms with Crippen molar-refractivity contribution in [2.45, 2.75) is 24.7 Å². The predicted molar refractivity (Wildman–Crippen MR) is 128 cm³/mol. The molecular weight excluding hydrogens is 473 g/mol. The topological polar surface area (TPSA) is 53.5 Å². The highest BCUT2D eigenvalue weighted by Gasteiger charge is 2.30. The molecule has 31 heavy (non-hydrogen) atoms. The van der Waals surface area contributed by atoms with E-state index in [4.69, 9.17) is 28.2 Å². The number of nitrogens with zero attached hydrogens (tertiary/aromatic N) is 3. The van der Waals surface area contributed by atoms with Crippen LogP contribution in [0, 0.1) is 0 Å². The van der Waals surface area contributed by atoms with Crippen LogP contribution in [0.15, 0.2) is 52.7 Å². The van der Waals surface area contributed by atoms with Gasteiger partial charge in [-0.25, -0.2) is 13.4 Å². The molecule has 3 aromatic rings. The molecule has 0 spiro atoms. The van der Waals surface area contributed by atoms with E-state index in [1.807, 2.05) is 0 Å². The number of aromatic nitrogens is 1. The molecule has 0 amide bonds. The van der Waals surface area contributed by atoms with Gasteiger partial charge < -0.3 is 4.90 Å². The van der Waals surface area contributed by atoms with E-state index in [1.54, 1.807) is 17.4 Å². The molecule has 1 saturated heterocycles. The Bertz CT molecular complexity index is 1160. The SMILES string of the molecule is CCc1ccc(Cc2csc(N3CCN(S(=O)(=O)c4ccc(Cl)cc4Cl)CC3)n2)cc1. The van der Waals surface area contributed by atoms with Crippen molar-refractivity contribution in [3.8, 4) is 0 Å². The molecule has 164 valence electrons. The zero-order valence-corrected chi connectivity index (χ0v) is 20.2. The molecule has 0 N–H and O–H groups in total. The van der Waals surface area contributed by atoms with Gasteiger partial charge >= 0.3 is 0 Å². The summed E-state index contributed by atoms with van der Waals surface area (Å²) in [6, 6.07) is 13.1. The van der Waals surface area contributed by atoms with E-state index in [0.717, 1.165) is 23.7 Å². The van der Waals surface area contributed by atoms with Crippen molar-refractivity contribution >= 4 is 49.7 Å². The highest BCUT2D eigenvalue weighted by atomic mass is 35.5. The Morgan fingerprint density at radius 3 is 2.32 bits per heavy atom. The zero-order chi connectivity index (χ0) is 22.0. The summed E-state index contributed by atoms with van der Waals surface area (Å²) in [6.07, 6.45) is 1.83. The molecule has 2 aromatic carbocycles. The molecule has 0 saturated carbocycles. The summed E-state index contributed by atoms with van der Waals surface area (Å²) in [5, 5.41) is 3.57. The first-order valence-corrected chi connectivity index (χ1v) is 13.2. The van der Waals surface area contributed by atoms with E-state index in [2.05, 4.69) is 41.5 Å². The number of piperazine rings is 1. The van der Waals surface area contributed by atoms with Crippen LogP contribution in [0.1, 0.15) is 23.7 Å². The van der Waals surface area contributed by atoms with Crippen LogP contribution in [-0.2, 0) is 22.9 Å². The van der Waals surface area contributed by atoms with Crippen molar-refractivity contribution < 1.29 is 8.42 Å². The van der Waals surface area contributed by atoms with Gasteiger partial charge in [0, 0.05) is 43.0 Å². The van der Waals surface area contributed by atoms with Crippen molar-refractivity contribution in [2.75, 3.05) is 31.1 Å². The summed E-state index contributed by atoms with van der Waals surface area (Å²) in [6.45, 7) is 4.09. The van der Waals surface area contributed by atoms with Crippen molar-refractivity contribution in [3.05, 3.63) is 74.7 Å². The van der Waals surface area contributed by atoms with Gasteiger partial charge in [0.1, 0.15) is 4.90 Å². The maximum atomic E-state index is 13.0. The van der Waals surface area contributed by atoms with E-state index in [9.17, 15) is 8.42 Å². The van der Waals surface area contributed by atoms with E-state index < -0.39 is 10.0 Å². The number of aryl methyl sites for hydroxylation is 1. The Morgan fingerprint density at radius 2 is 1.68 bits per heavy atom. The third kappa shape index (κ3) is 5.07. The fraction of sp³-hybridized carbons (Fsp3) is 0.318. The van der Waals surface area contributed by atoms with Crippen LogP contribution in [0.4, 0.5) is 5.13 Å². The lowest BCUT2D eigenvalue weighted by Gasteiger charge is -2.33. The Balaban J connectivity index is 1.39. The molecule has 1 fully saturated rings. The molecular formula is C22H23Cl2N3O2S2. The number of rotatable bonds is 6. The minimum atomic E-state index is -3.66. The molecule has 5 nitrogen and oxygen atoms in total. The van der Waals surface area contributed by atoms with Gasteiger partial charge in [-0.3, -0.25) is 0 Å². The molecule has 2 heterocycles. The van der Waals surface area contributed by atoms with Crippen molar-refractivity contribution in [3.63, 3.8) is 0 Å². The van der Waals surface area contributed by atoms with E-state index in [-0.39, 0.29) is 9.92 Å². The summed E-state index contributed by atoms with van der Waals surface area (Å²) in [5.41, 5.74) is 3.60. The fourth-order valence-electron chi connectivity index (χ4n) is 3.57. The van der Waals surface area contributed by atoms with Gasteiger partial charge in [0.15, 0.2) is 5.13 Å². The molecule has 0 bridgehead atoms. The Labute approximate surface area is 197 Å². The number of benzene rings is 2. The third-order valence-corrected chi connectivity index (χ3v) is 8.94. The lowest BCUT2D eigenvalue weighted by Crippen LogP contribution is -2.48. The first-order valence-electron chi connectivity index (χ1n) is 10.1. The molecule has 1 aromatic heterocycles. The monoisotopic (exact) mass is 495 g/mol. The Kier molecular flexibility index (Phi) is 6.89. The summed E-state index contributed by atoms with van der Waals surface area (Å²) in [7, 11) is -3.66. The lowest BCUT2D eigenvalue weighted by atomic mass is 10.1. The Hall–Kier alpha value is -1.64. The average Bonchev–Trinajstić information content (AvgIpc) is 3.22. The second kappa shape index (κ2) is 9.46. The molecule has 9 heteroatoms. The van der Waals surface area contributed by atoms with Gasteiger partial charge in [-0.2, -0.15) is 4.31 Å². The van der Waals surface area contributed by atoms with Crippen LogP contribution in [0.25, 0.3) is 0 Å². The normalized spacial score (nSPS) is 15.4. The van der Waals surface area contributed by atoms with E-state index in [1.165, 1.54) is 27.6 Å². The number of thiazole rings is 1. The zero-order valence-electron chi connectivity index (χ0n) is 17.1. The molecule has 0 aliphatic carbocycles. The third-order valence-electron chi connectivity index (χ3n) is 5.38. The fourth-order valence-corrected chi connectivity index (χ4v) is 6.62. The van der Waals surface area contributed by atoms with Gasteiger partial charge in [0.2, 0.25) is 10.0 Å². The lowest BCUT2D eigenvalue weighted by molar-refractivity contribution is 0.384. The number of hydrogen-bond acceptors (Lipinski definition) is 5. The highest BCUT2D eigenvalue weighted by Crippen LogP contribution is 2.29. The number of anilines is 1. The molecule has 0 radical (unpaired) electrons. The summed E-state index contributed by atoms with van der Waals surface area (Å²) >= 11 is 13.6. The number of halogens is 2. The predicted octanol–water partition coefficient (Wildman–Crippen LogP) is 5.11. The highest BCUT2D eigenvalue weighted by molar-refractivity contribution is 7.89. The second-order valence-corrected chi connectivity index (χ2v) is 11.0. The second-order valence-electron chi connectivity index (χ2n) is 7.43. The van der Waals surface area contributed by atoms with Gasteiger partial charge in [-0.05, 0) is 35.7 Å². The average molecular weight is 496 g/mol. The summed E-state index contributed by atoms with van der Waals surface area (Å²) in [5.74, 6) is 0. The number of sulfonamides is 1. The minimum absolute atomic E-state index is 0.0950. The minimum Gasteiger partial charge on any atom is -0.345 e. The molecule has 1 aliphatic rings. The van der Waals surface area contributed by atoms with E-state index in [0.29, 0.717) is 31.2 Å². The van der Waals surface area contributed by atoms with Crippen LogP contribution in [0.2, 0.25) is 10.0 Å². The van der Waals surface area contributed by atoms with Crippen molar-refractivity contribution in [1.29, 1.82) is 0 Å². The maximum absolute atomic E-state index is 13.0. The van der Waals surface area contributed by atoms with E-state index >= 15 is 0 Å². The Morgan fingerprint density at radius 1 is 1.00 bits per heavy atom. The standard InChI is InChI=1S/C22H23Cl2N3O2S2/c1-2-16-3-5-17(6-4-16)13-19-15-30-22(25-19)26-9-11-27(12-10-26)31(28,29)21-8-7-18(23)14-20(21)24/h3-8,14-15H,2,9-13H2,1H3. The molecule has 0 atom stereocenters. The van der Waals surface area contributed by atoms with Crippen LogP contribution in [-0.4, -0.2) is 43.9 Å². The van der Waals surface area contributed by atoms with Gasteiger partial charge in [-0.1, -0.05) is 54.4 Å². The first-order chi connectivity index (χ1) is 14.9. The summed E-state index contributed by atoms with van der Waals surface area (Å²) in [4.78, 5) is 7.02. The maximum Gasteiger partial charge on any atom is 0.244 e. The molecule has 0 unspecified atom stereocenters. The number of hydrogen-bond donors (Lipinski definition) is 0. The van der Waals surface area contributed by atoms with Gasteiger partial charge in [0.05, 0.1) is 10.7 Å². The largest absolute Gasteiger partial charge is 0.345 e. The molecule has 1 aliphatic heterocycles. The van der Waals surface area contributed by atoms with Gasteiger partial charge in [0.25, 0.3) is 0 Å². The van der Waals surface area contributed by atoms with Crippen molar-refractivity contribution in [2.24, 2.45) is 0 Å². The summed E-state index contributed by atoms with van der Waals surface area (Å²) < 4.78 is 27.4. The smallest absolute Gasteiger partial charge is 0.244 e. The van der Waals surface area contributed by atoms with Crippen LogP contribution < -0.4 is 4.90 Å². The quantitative estimate of drug-likeness (QED) is 0.476. The van der Waals surface area contributed by atoms with Crippen molar-refractivity contribution in [1.82, 2.24) is 9.29 Å². The van der Waals surface area contributed by atoms with Gasteiger partial charge in [-0.15, -0.1) is 11.3 Å². The van der Waals surface area contributed by atoms with Crippen LogP contribution in [0.5, 0.6) is 0 Å².